The topological polar surface area (TPSA) is 33.3 Å². The highest BCUT2D eigenvalue weighted by atomic mass is 16.5. The number of rotatable bonds is 6. The average Bonchev–Trinajstić information content (AvgIpc) is 2.25. The third-order valence-corrected chi connectivity index (χ3v) is 2.99. The Kier molecular flexibility index (Phi) is 6.15. The van der Waals surface area contributed by atoms with Crippen molar-refractivity contribution in [3.8, 4) is 0 Å². The molecule has 0 radical (unpaired) electrons. The molecule has 1 aliphatic heterocycles. The first kappa shape index (κ1) is 12.0. The van der Waals surface area contributed by atoms with Crippen molar-refractivity contribution in [1.82, 2.24) is 10.6 Å². The van der Waals surface area contributed by atoms with Crippen LogP contribution in [0.15, 0.2) is 0 Å². The highest BCUT2D eigenvalue weighted by molar-refractivity contribution is 4.72. The zero-order valence-corrected chi connectivity index (χ0v) is 9.51. The summed E-state index contributed by atoms with van der Waals surface area (Å²) in [4.78, 5) is 0. The molecule has 0 aromatic rings. The molecule has 1 saturated heterocycles. The van der Waals surface area contributed by atoms with E-state index in [-0.39, 0.29) is 0 Å². The standard InChI is InChI=1S/C11H24N2O/c1-3-10(8-12-2)9-13-11-4-6-14-7-5-11/h10-13H,3-9H2,1-2H3. The third kappa shape index (κ3) is 4.40. The van der Waals surface area contributed by atoms with E-state index in [1.54, 1.807) is 0 Å². The van der Waals surface area contributed by atoms with Crippen LogP contribution in [0.3, 0.4) is 0 Å². The Bertz CT molecular complexity index is 130. The molecule has 14 heavy (non-hydrogen) atoms. The summed E-state index contributed by atoms with van der Waals surface area (Å²) in [7, 11) is 2.02. The van der Waals surface area contributed by atoms with E-state index in [9.17, 15) is 0 Å². The van der Waals surface area contributed by atoms with Crippen LogP contribution >= 0.6 is 0 Å². The molecule has 0 amide bonds. The van der Waals surface area contributed by atoms with Gasteiger partial charge in [-0.15, -0.1) is 0 Å². The van der Waals surface area contributed by atoms with E-state index in [0.29, 0.717) is 6.04 Å². The Morgan fingerprint density at radius 3 is 2.57 bits per heavy atom. The van der Waals surface area contributed by atoms with E-state index in [2.05, 4.69) is 17.6 Å². The quantitative estimate of drug-likeness (QED) is 0.671. The molecule has 0 saturated carbocycles. The highest BCUT2D eigenvalue weighted by Gasteiger charge is 2.14. The molecule has 2 N–H and O–H groups in total. The van der Waals surface area contributed by atoms with Gasteiger partial charge in [-0.3, -0.25) is 0 Å². The van der Waals surface area contributed by atoms with Gasteiger partial charge in [-0.25, -0.2) is 0 Å². The molecular formula is C11H24N2O. The van der Waals surface area contributed by atoms with Gasteiger partial charge in [0.2, 0.25) is 0 Å². The van der Waals surface area contributed by atoms with Gasteiger partial charge in [-0.05, 0) is 38.9 Å². The fourth-order valence-corrected chi connectivity index (χ4v) is 1.88. The summed E-state index contributed by atoms with van der Waals surface area (Å²) in [5.74, 6) is 0.767. The second kappa shape index (κ2) is 7.21. The van der Waals surface area contributed by atoms with Crippen LogP contribution < -0.4 is 10.6 Å². The van der Waals surface area contributed by atoms with Gasteiger partial charge in [0.15, 0.2) is 0 Å². The van der Waals surface area contributed by atoms with Gasteiger partial charge >= 0.3 is 0 Å². The maximum atomic E-state index is 5.33. The molecule has 0 bridgehead atoms. The van der Waals surface area contributed by atoms with E-state index in [1.165, 1.54) is 19.3 Å². The van der Waals surface area contributed by atoms with Gasteiger partial charge in [-0.1, -0.05) is 13.3 Å². The second-order valence-electron chi connectivity index (χ2n) is 4.13. The van der Waals surface area contributed by atoms with Crippen LogP contribution in [-0.4, -0.2) is 39.4 Å². The monoisotopic (exact) mass is 200 g/mol. The Morgan fingerprint density at radius 1 is 1.29 bits per heavy atom. The van der Waals surface area contributed by atoms with Crippen LogP contribution in [-0.2, 0) is 4.74 Å². The van der Waals surface area contributed by atoms with Crippen molar-refractivity contribution >= 4 is 0 Å². The van der Waals surface area contributed by atoms with Gasteiger partial charge in [0, 0.05) is 19.3 Å². The molecule has 0 aromatic heterocycles. The van der Waals surface area contributed by atoms with E-state index in [0.717, 1.165) is 32.2 Å². The molecule has 1 atom stereocenters. The van der Waals surface area contributed by atoms with Crippen molar-refractivity contribution < 1.29 is 4.74 Å². The summed E-state index contributed by atoms with van der Waals surface area (Å²) in [5.41, 5.74) is 0. The number of hydrogen-bond donors (Lipinski definition) is 2. The summed E-state index contributed by atoms with van der Waals surface area (Å²) in [5, 5.41) is 6.88. The van der Waals surface area contributed by atoms with Crippen LogP contribution in [0.2, 0.25) is 0 Å². The van der Waals surface area contributed by atoms with E-state index in [1.807, 2.05) is 7.05 Å². The van der Waals surface area contributed by atoms with Gasteiger partial charge in [0.1, 0.15) is 0 Å². The normalized spacial score (nSPS) is 21.0. The lowest BCUT2D eigenvalue weighted by molar-refractivity contribution is 0.0769. The maximum Gasteiger partial charge on any atom is 0.0480 e. The number of hydrogen-bond acceptors (Lipinski definition) is 3. The molecule has 1 aliphatic rings. The Balaban J connectivity index is 2.10. The fraction of sp³-hybridized carbons (Fsp3) is 1.00. The molecule has 1 unspecified atom stereocenters. The molecule has 0 aliphatic carbocycles. The van der Waals surface area contributed by atoms with Crippen LogP contribution in [0.4, 0.5) is 0 Å². The molecule has 3 heteroatoms. The molecule has 1 heterocycles. The van der Waals surface area contributed by atoms with Crippen molar-refractivity contribution in [2.24, 2.45) is 5.92 Å². The maximum absolute atomic E-state index is 5.33. The highest BCUT2D eigenvalue weighted by Crippen LogP contribution is 2.07. The van der Waals surface area contributed by atoms with Crippen LogP contribution in [0.1, 0.15) is 26.2 Å². The lowest BCUT2D eigenvalue weighted by Gasteiger charge is -2.25. The zero-order chi connectivity index (χ0) is 10.2. The fourth-order valence-electron chi connectivity index (χ4n) is 1.88. The van der Waals surface area contributed by atoms with Crippen molar-refractivity contribution in [3.05, 3.63) is 0 Å². The van der Waals surface area contributed by atoms with Crippen LogP contribution in [0.5, 0.6) is 0 Å². The summed E-state index contributed by atoms with van der Waals surface area (Å²) >= 11 is 0. The first-order chi connectivity index (χ1) is 6.86. The minimum atomic E-state index is 0.689. The van der Waals surface area contributed by atoms with Crippen molar-refractivity contribution in [1.29, 1.82) is 0 Å². The van der Waals surface area contributed by atoms with Crippen molar-refractivity contribution in [2.75, 3.05) is 33.4 Å². The van der Waals surface area contributed by atoms with Gasteiger partial charge in [-0.2, -0.15) is 0 Å². The molecule has 84 valence electrons. The largest absolute Gasteiger partial charge is 0.381 e. The van der Waals surface area contributed by atoms with E-state index >= 15 is 0 Å². The SMILES string of the molecule is CCC(CNC)CNC1CCOCC1. The average molecular weight is 200 g/mol. The van der Waals surface area contributed by atoms with Crippen molar-refractivity contribution in [2.45, 2.75) is 32.2 Å². The molecular weight excluding hydrogens is 176 g/mol. The molecule has 0 spiro atoms. The lowest BCUT2D eigenvalue weighted by atomic mass is 10.0. The molecule has 0 aromatic carbocycles. The zero-order valence-electron chi connectivity index (χ0n) is 9.51. The predicted octanol–water partition coefficient (Wildman–Crippen LogP) is 1.00. The van der Waals surface area contributed by atoms with Crippen molar-refractivity contribution in [3.63, 3.8) is 0 Å². The third-order valence-electron chi connectivity index (χ3n) is 2.99. The van der Waals surface area contributed by atoms with Crippen LogP contribution in [0, 0.1) is 5.92 Å². The summed E-state index contributed by atoms with van der Waals surface area (Å²) in [6, 6.07) is 0.689. The number of nitrogens with one attached hydrogen (secondary N) is 2. The summed E-state index contributed by atoms with van der Waals surface area (Å²) in [6.45, 7) is 6.38. The first-order valence-corrected chi connectivity index (χ1v) is 5.82. The van der Waals surface area contributed by atoms with Crippen LogP contribution in [0.25, 0.3) is 0 Å². The van der Waals surface area contributed by atoms with Gasteiger partial charge < -0.3 is 15.4 Å². The molecule has 1 rings (SSSR count). The second-order valence-corrected chi connectivity index (χ2v) is 4.13. The Labute approximate surface area is 87.6 Å². The van der Waals surface area contributed by atoms with E-state index < -0.39 is 0 Å². The smallest absolute Gasteiger partial charge is 0.0480 e. The molecule has 3 nitrogen and oxygen atoms in total. The van der Waals surface area contributed by atoms with E-state index in [4.69, 9.17) is 4.74 Å². The Morgan fingerprint density at radius 2 is 2.00 bits per heavy atom. The van der Waals surface area contributed by atoms with Gasteiger partial charge in [0.05, 0.1) is 0 Å². The summed E-state index contributed by atoms with van der Waals surface area (Å²) < 4.78 is 5.33. The first-order valence-electron chi connectivity index (χ1n) is 5.82. The minimum Gasteiger partial charge on any atom is -0.381 e. The lowest BCUT2D eigenvalue weighted by Crippen LogP contribution is -2.39. The summed E-state index contributed by atoms with van der Waals surface area (Å²) in [6.07, 6.45) is 3.60. The van der Waals surface area contributed by atoms with Gasteiger partial charge in [0.25, 0.3) is 0 Å². The molecule has 1 fully saturated rings. The predicted molar refractivity (Wildman–Crippen MR) is 59.6 cm³/mol. The Hall–Kier alpha value is -0.120. The minimum absolute atomic E-state index is 0.689. The number of ether oxygens (including phenoxy) is 1.